The van der Waals surface area contributed by atoms with E-state index < -0.39 is 0 Å². The fourth-order valence-corrected chi connectivity index (χ4v) is 3.04. The number of H-pyrrole nitrogens is 1. The monoisotopic (exact) mass is 242 g/mol. The lowest BCUT2D eigenvalue weighted by molar-refractivity contribution is 0.397. The summed E-state index contributed by atoms with van der Waals surface area (Å²) >= 11 is 0. The Bertz CT molecular complexity index is 541. The maximum Gasteiger partial charge on any atom is 0.0478 e. The van der Waals surface area contributed by atoms with E-state index in [9.17, 15) is 0 Å². The molecule has 1 aromatic carbocycles. The molecule has 0 saturated heterocycles. The Kier molecular flexibility index (Phi) is 3.13. The number of nitrogens with one attached hydrogen (secondary N) is 2. The van der Waals surface area contributed by atoms with Gasteiger partial charge in [-0.2, -0.15) is 0 Å². The average molecular weight is 242 g/mol. The summed E-state index contributed by atoms with van der Waals surface area (Å²) in [5.74, 6) is 0. The first-order chi connectivity index (χ1) is 8.79. The third-order valence-electron chi connectivity index (χ3n) is 4.21. The van der Waals surface area contributed by atoms with E-state index in [0.29, 0.717) is 12.1 Å². The maximum atomic E-state index is 3.75. The molecular weight excluding hydrogens is 220 g/mol. The van der Waals surface area contributed by atoms with Crippen LogP contribution in [0.5, 0.6) is 0 Å². The van der Waals surface area contributed by atoms with Crippen LogP contribution in [0.3, 0.4) is 0 Å². The van der Waals surface area contributed by atoms with Crippen molar-refractivity contribution in [3.8, 4) is 0 Å². The fraction of sp³-hybridized carbons (Fsp3) is 0.500. The van der Waals surface area contributed by atoms with Crippen LogP contribution in [0.25, 0.3) is 10.9 Å². The van der Waals surface area contributed by atoms with Crippen molar-refractivity contribution in [3.05, 3.63) is 35.5 Å². The van der Waals surface area contributed by atoms with E-state index in [1.807, 2.05) is 0 Å². The molecule has 0 radical (unpaired) electrons. The minimum absolute atomic E-state index is 0.510. The predicted molar refractivity (Wildman–Crippen MR) is 76.9 cm³/mol. The van der Waals surface area contributed by atoms with E-state index >= 15 is 0 Å². The van der Waals surface area contributed by atoms with Gasteiger partial charge in [-0.3, -0.25) is 0 Å². The van der Waals surface area contributed by atoms with Crippen LogP contribution in [-0.2, 0) is 6.42 Å². The van der Waals surface area contributed by atoms with Crippen molar-refractivity contribution >= 4 is 10.9 Å². The summed E-state index contributed by atoms with van der Waals surface area (Å²) in [6, 6.07) is 9.79. The van der Waals surface area contributed by atoms with Crippen molar-refractivity contribution in [1.29, 1.82) is 0 Å². The van der Waals surface area contributed by atoms with Gasteiger partial charge in [0.2, 0.25) is 0 Å². The zero-order chi connectivity index (χ0) is 12.5. The molecule has 1 heterocycles. The molecule has 2 unspecified atom stereocenters. The standard InChI is InChI=1S/C16H22N2/c1-3-11(2)17-15-10-6-8-13-12-7-4-5-9-14(12)18-16(13)15/h4-5,7,9,11,15,17-18H,3,6,8,10H2,1-2H3. The van der Waals surface area contributed by atoms with Crippen molar-refractivity contribution in [2.45, 2.75) is 51.6 Å². The molecule has 2 atom stereocenters. The largest absolute Gasteiger partial charge is 0.357 e. The molecule has 1 aromatic heterocycles. The van der Waals surface area contributed by atoms with Crippen LogP contribution >= 0.6 is 0 Å². The van der Waals surface area contributed by atoms with E-state index in [1.165, 1.54) is 47.8 Å². The zero-order valence-electron chi connectivity index (χ0n) is 11.3. The highest BCUT2D eigenvalue weighted by molar-refractivity contribution is 5.85. The summed E-state index contributed by atoms with van der Waals surface area (Å²) in [6.45, 7) is 4.52. The van der Waals surface area contributed by atoms with Gasteiger partial charge in [0.1, 0.15) is 0 Å². The number of aromatic amines is 1. The molecule has 0 aliphatic heterocycles. The first-order valence-corrected chi connectivity index (χ1v) is 7.15. The van der Waals surface area contributed by atoms with E-state index in [2.05, 4.69) is 48.4 Å². The van der Waals surface area contributed by atoms with Crippen molar-refractivity contribution in [2.24, 2.45) is 0 Å². The van der Waals surface area contributed by atoms with Crippen LogP contribution in [0.15, 0.2) is 24.3 Å². The first-order valence-electron chi connectivity index (χ1n) is 7.15. The molecule has 96 valence electrons. The van der Waals surface area contributed by atoms with Crippen molar-refractivity contribution < 1.29 is 0 Å². The van der Waals surface area contributed by atoms with E-state index in [1.54, 1.807) is 0 Å². The van der Waals surface area contributed by atoms with Crippen LogP contribution in [0.4, 0.5) is 0 Å². The number of aryl methyl sites for hydroxylation is 1. The second kappa shape index (κ2) is 4.77. The second-order valence-corrected chi connectivity index (χ2v) is 5.48. The third-order valence-corrected chi connectivity index (χ3v) is 4.21. The third kappa shape index (κ3) is 1.95. The molecule has 1 aliphatic rings. The van der Waals surface area contributed by atoms with Crippen molar-refractivity contribution in [3.63, 3.8) is 0 Å². The zero-order valence-corrected chi connectivity index (χ0v) is 11.3. The van der Waals surface area contributed by atoms with Crippen LogP contribution in [0, 0.1) is 0 Å². The highest BCUT2D eigenvalue weighted by atomic mass is 15.0. The van der Waals surface area contributed by atoms with Gasteiger partial charge in [-0.1, -0.05) is 25.1 Å². The summed E-state index contributed by atoms with van der Waals surface area (Å²) in [5.41, 5.74) is 4.26. The Morgan fingerprint density at radius 2 is 2.22 bits per heavy atom. The average Bonchev–Trinajstić information content (AvgIpc) is 2.78. The van der Waals surface area contributed by atoms with Gasteiger partial charge in [-0.15, -0.1) is 0 Å². The van der Waals surface area contributed by atoms with Crippen molar-refractivity contribution in [1.82, 2.24) is 10.3 Å². The quantitative estimate of drug-likeness (QED) is 0.838. The Morgan fingerprint density at radius 1 is 1.39 bits per heavy atom. The van der Waals surface area contributed by atoms with Crippen LogP contribution < -0.4 is 5.32 Å². The Hall–Kier alpha value is -1.28. The van der Waals surface area contributed by atoms with Gasteiger partial charge in [0.05, 0.1) is 0 Å². The normalized spacial score (nSPS) is 20.9. The van der Waals surface area contributed by atoms with Gasteiger partial charge in [0.15, 0.2) is 0 Å². The molecule has 2 N–H and O–H groups in total. The molecule has 0 saturated carbocycles. The Labute approximate surface area is 109 Å². The van der Waals surface area contributed by atoms with Gasteiger partial charge in [0.25, 0.3) is 0 Å². The number of hydrogen-bond donors (Lipinski definition) is 2. The molecule has 0 bridgehead atoms. The summed E-state index contributed by atoms with van der Waals surface area (Å²) in [4.78, 5) is 3.63. The molecule has 0 fully saturated rings. The summed E-state index contributed by atoms with van der Waals surface area (Å²) in [5, 5.41) is 5.17. The van der Waals surface area contributed by atoms with E-state index in [-0.39, 0.29) is 0 Å². The maximum absolute atomic E-state index is 3.75. The summed E-state index contributed by atoms with van der Waals surface area (Å²) in [6.07, 6.45) is 4.96. The SMILES string of the molecule is CCC(C)NC1CCCc2c1[nH]c1ccccc21. The number of fused-ring (bicyclic) bond motifs is 3. The second-order valence-electron chi connectivity index (χ2n) is 5.48. The topological polar surface area (TPSA) is 27.8 Å². The highest BCUT2D eigenvalue weighted by Gasteiger charge is 2.24. The van der Waals surface area contributed by atoms with E-state index in [0.717, 1.165) is 0 Å². The van der Waals surface area contributed by atoms with Gasteiger partial charge < -0.3 is 10.3 Å². The minimum Gasteiger partial charge on any atom is -0.357 e. The lowest BCUT2D eigenvalue weighted by atomic mass is 9.91. The first kappa shape index (κ1) is 11.8. The molecule has 2 heteroatoms. The number of rotatable bonds is 3. The number of benzene rings is 1. The molecule has 0 spiro atoms. The lowest BCUT2D eigenvalue weighted by Gasteiger charge is -2.26. The number of para-hydroxylation sites is 1. The Morgan fingerprint density at radius 3 is 3.06 bits per heavy atom. The molecule has 18 heavy (non-hydrogen) atoms. The molecule has 2 aromatic rings. The van der Waals surface area contributed by atoms with Crippen LogP contribution in [0.2, 0.25) is 0 Å². The predicted octanol–water partition coefficient (Wildman–Crippen LogP) is 3.93. The van der Waals surface area contributed by atoms with Gasteiger partial charge in [-0.05, 0) is 44.2 Å². The van der Waals surface area contributed by atoms with E-state index in [4.69, 9.17) is 0 Å². The highest BCUT2D eigenvalue weighted by Crippen LogP contribution is 2.34. The molecule has 2 nitrogen and oxygen atoms in total. The Balaban J connectivity index is 2.00. The van der Waals surface area contributed by atoms with Crippen molar-refractivity contribution in [2.75, 3.05) is 0 Å². The smallest absolute Gasteiger partial charge is 0.0478 e. The van der Waals surface area contributed by atoms with Gasteiger partial charge >= 0.3 is 0 Å². The summed E-state index contributed by atoms with van der Waals surface area (Å²) in [7, 11) is 0. The molecule has 1 aliphatic carbocycles. The lowest BCUT2D eigenvalue weighted by Crippen LogP contribution is -2.32. The van der Waals surface area contributed by atoms with Gasteiger partial charge in [0, 0.05) is 28.7 Å². The van der Waals surface area contributed by atoms with Crippen LogP contribution in [0.1, 0.15) is 50.4 Å². The molecular formula is C16H22N2. The summed E-state index contributed by atoms with van der Waals surface area (Å²) < 4.78 is 0. The number of aromatic nitrogens is 1. The molecule has 3 rings (SSSR count). The minimum atomic E-state index is 0.510. The number of hydrogen-bond acceptors (Lipinski definition) is 1. The van der Waals surface area contributed by atoms with Gasteiger partial charge in [-0.25, -0.2) is 0 Å². The van der Waals surface area contributed by atoms with Crippen LogP contribution in [-0.4, -0.2) is 11.0 Å². The molecule has 0 amide bonds. The fourth-order valence-electron chi connectivity index (χ4n) is 3.04.